The van der Waals surface area contributed by atoms with Crippen molar-refractivity contribution in [3.8, 4) is 56.4 Å². The lowest BCUT2D eigenvalue weighted by Gasteiger charge is -2.38. The van der Waals surface area contributed by atoms with E-state index in [1.54, 1.807) is 78.7 Å². The molecule has 12 amide bonds. The second-order valence-corrected chi connectivity index (χ2v) is 30.0. The Morgan fingerprint density at radius 3 is 1.09 bits per heavy atom. The zero-order valence-corrected chi connectivity index (χ0v) is 74.9. The van der Waals surface area contributed by atoms with Crippen LogP contribution in [0.4, 0.5) is 51.5 Å². The highest BCUT2D eigenvalue weighted by molar-refractivity contribution is 6.09. The predicted molar refractivity (Wildman–Crippen MR) is 500 cm³/mol. The molecule has 678 valence electrons. The van der Waals surface area contributed by atoms with Gasteiger partial charge >= 0.3 is 48.1 Å². The molecule has 6 aliphatic rings. The maximum Gasteiger partial charge on any atom is 0.340 e. The first kappa shape index (κ1) is 94.6. The molecule has 0 aromatic heterocycles. The van der Waals surface area contributed by atoms with Crippen LogP contribution in [0.1, 0.15) is 89.3 Å². The van der Waals surface area contributed by atoms with E-state index in [0.29, 0.717) is 169 Å². The van der Waals surface area contributed by atoms with Crippen LogP contribution < -0.4 is 113 Å². The monoisotopic (exact) mass is 1760 g/mol. The van der Waals surface area contributed by atoms with E-state index >= 15 is 0 Å². The van der Waals surface area contributed by atoms with Gasteiger partial charge in [-0.1, -0.05) is 60.7 Å². The van der Waals surface area contributed by atoms with Gasteiger partial charge in [-0.25, -0.2) is 47.5 Å². The van der Waals surface area contributed by atoms with Crippen LogP contribution in [-0.2, 0) is 10.3 Å². The van der Waals surface area contributed by atoms with E-state index in [4.69, 9.17) is 18.3 Å². The molecule has 33 nitrogen and oxygen atoms in total. The van der Waals surface area contributed by atoms with Gasteiger partial charge in [-0.3, -0.25) is 0 Å². The molecule has 1 spiro atoms. The third-order valence-corrected chi connectivity index (χ3v) is 22.7. The highest BCUT2D eigenvalue weighted by atomic mass is 16.6. The van der Waals surface area contributed by atoms with Gasteiger partial charge in [0.15, 0.2) is 18.7 Å². The number of nitrogens with one attached hydrogen (secondary N) is 12. The normalized spacial score (nSPS) is 12.3. The summed E-state index contributed by atoms with van der Waals surface area (Å²) in [6, 6.07) is 55.3. The molecule has 4 aliphatic heterocycles. The average Bonchev–Trinajstić information content (AvgIpc) is 1.56. The number of nitrogens with zero attached hydrogens (tertiary/aromatic N) is 6. The molecular weight excluding hydrogens is 1650 g/mol. The van der Waals surface area contributed by atoms with Crippen LogP contribution in [0.3, 0.4) is 0 Å². The van der Waals surface area contributed by atoms with Gasteiger partial charge < -0.3 is 117 Å². The fraction of sp³-hybridized carbons (Fsp3) is 0.323. The van der Waals surface area contributed by atoms with Gasteiger partial charge in [0.2, 0.25) is 10.7 Å². The molecule has 7 aromatic carbocycles. The summed E-state index contributed by atoms with van der Waals surface area (Å²) in [6.07, 6.45) is 0. The summed E-state index contributed by atoms with van der Waals surface area (Å²) in [4.78, 5) is 116. The minimum atomic E-state index is -1.26. The van der Waals surface area contributed by atoms with E-state index in [9.17, 15) is 53.4 Å². The number of carbonyl (C=O) groups is 9. The van der Waals surface area contributed by atoms with Gasteiger partial charge in [0, 0.05) is 235 Å². The highest BCUT2D eigenvalue weighted by Crippen LogP contribution is 2.57. The highest BCUT2D eigenvalue weighted by Gasteiger charge is 2.54. The summed E-state index contributed by atoms with van der Waals surface area (Å²) in [6.45, 7) is 22.8. The third-order valence-electron chi connectivity index (χ3n) is 22.7. The van der Waals surface area contributed by atoms with Gasteiger partial charge in [0.05, 0.1) is 42.3 Å². The lowest BCUT2D eigenvalue weighted by Crippen LogP contribution is -2.40. The number of urea groups is 6. The number of rotatable bonds is 32. The van der Waals surface area contributed by atoms with Crippen molar-refractivity contribution < 1.29 is 71.7 Å². The van der Waals surface area contributed by atoms with E-state index in [0.717, 1.165) is 83.2 Å². The number of ether oxygens (including phenoxy) is 2. The predicted octanol–water partition coefficient (Wildman–Crippen LogP) is 9.19. The van der Waals surface area contributed by atoms with Gasteiger partial charge in [0.25, 0.3) is 0 Å². The summed E-state index contributed by atoms with van der Waals surface area (Å²) in [7, 11) is 9.48. The lowest BCUT2D eigenvalue weighted by atomic mass is 9.77. The first-order valence-corrected chi connectivity index (χ1v) is 43.3. The van der Waals surface area contributed by atoms with E-state index in [1.165, 1.54) is 0 Å². The number of hydrogen-bond acceptors (Lipinski definition) is 18. The van der Waals surface area contributed by atoms with Crippen molar-refractivity contribution in [3.63, 3.8) is 0 Å². The van der Waals surface area contributed by atoms with Crippen molar-refractivity contribution in [1.29, 1.82) is 0 Å². The van der Waals surface area contributed by atoms with Crippen LogP contribution >= 0.6 is 0 Å². The Bertz CT molecular complexity index is 5670. The van der Waals surface area contributed by atoms with Crippen LogP contribution in [0, 0.1) is 0 Å². The molecule has 33 heteroatoms. The molecule has 13 N–H and O–H groups in total. The first-order valence-electron chi connectivity index (χ1n) is 43.3. The molecule has 0 bridgehead atoms. The minimum absolute atomic E-state index is 0.0929. The summed E-state index contributed by atoms with van der Waals surface area (Å²) in [5.41, 5.74) is 11.0. The van der Waals surface area contributed by atoms with Crippen LogP contribution in [0.15, 0.2) is 191 Å². The van der Waals surface area contributed by atoms with Crippen molar-refractivity contribution in [1.82, 2.24) is 73.0 Å². The van der Waals surface area contributed by atoms with E-state index in [-0.39, 0.29) is 53.3 Å². The molecule has 0 unspecified atom stereocenters. The number of esters is 1. The van der Waals surface area contributed by atoms with E-state index in [2.05, 4.69) is 106 Å². The Labute approximate surface area is 749 Å². The van der Waals surface area contributed by atoms with Crippen molar-refractivity contribution in [3.05, 3.63) is 226 Å². The number of carbonyl (C=O) groups excluding carboxylic acids is 8. The first-order chi connectivity index (χ1) is 62.5. The SMILES string of the molecule is CCN(CCNC(=O)NC)c1ccc2c(-c3ccccc3C(=O)O)c3ccc(=[N+](CC)CCNC(=O)NC)cc-3oc2c1.CCN(CCNC(=O)NC)c1ccc2c(-c3ccccc3C(=O)[O-])c3ccc(=[N+](CC)CCNC(=O)NC)cc-3oc2c1.CCN(CCNC(=O)NC)c1ccc2c(c1)Oc1cc(N(CC)CCNC(=O)NC)ccc1C21OC(=O)c2ccccc21. The van der Waals surface area contributed by atoms with E-state index in [1.807, 2.05) is 173 Å². The smallest absolute Gasteiger partial charge is 0.340 e. The summed E-state index contributed by atoms with van der Waals surface area (Å²) >= 11 is 0. The van der Waals surface area contributed by atoms with Crippen LogP contribution in [0.25, 0.3) is 66.8 Å². The topological polar surface area (TPSA) is 405 Å². The fourth-order valence-electron chi connectivity index (χ4n) is 16.1. The van der Waals surface area contributed by atoms with Crippen molar-refractivity contribution in [2.24, 2.45) is 0 Å². The number of hydrogen-bond donors (Lipinski definition) is 13. The molecule has 0 saturated carbocycles. The molecule has 129 heavy (non-hydrogen) atoms. The maximum atomic E-state index is 13.2. The van der Waals surface area contributed by atoms with Crippen LogP contribution in [0.5, 0.6) is 11.5 Å². The second kappa shape index (κ2) is 44.7. The molecule has 0 atom stereocenters. The number of benzene rings is 9. The quantitative estimate of drug-likeness (QED) is 0.0106. The second-order valence-electron chi connectivity index (χ2n) is 30.0. The molecule has 7 aromatic rings. The average molecular weight is 1760 g/mol. The largest absolute Gasteiger partial charge is 0.545 e. The molecule has 0 radical (unpaired) electrons. The Morgan fingerprint density at radius 2 is 0.721 bits per heavy atom. The van der Waals surface area contributed by atoms with Gasteiger partial charge in [-0.05, 0) is 125 Å². The number of anilines is 4. The Balaban J connectivity index is 0.000000187. The van der Waals surface area contributed by atoms with Gasteiger partial charge in [-0.2, -0.15) is 0 Å². The Kier molecular flexibility index (Phi) is 32.8. The number of fused-ring (bicyclic) bond motifs is 10. The van der Waals surface area contributed by atoms with Crippen molar-refractivity contribution in [2.75, 3.05) is 180 Å². The number of carboxylic acids is 2. The number of likely N-dealkylation sites (N-methyl/N-ethyl adjacent to an activating group) is 6. The maximum absolute atomic E-state index is 13.2. The van der Waals surface area contributed by atoms with E-state index < -0.39 is 17.5 Å². The molecule has 0 saturated heterocycles. The van der Waals surface area contributed by atoms with Gasteiger partial charge in [-0.15, -0.1) is 0 Å². The molecular formula is C96H115N18O15+. The fourth-order valence-corrected chi connectivity index (χ4v) is 16.1. The van der Waals surface area contributed by atoms with Crippen molar-refractivity contribution >= 4 is 98.8 Å². The molecule has 4 heterocycles. The van der Waals surface area contributed by atoms with Crippen molar-refractivity contribution in [2.45, 2.75) is 47.1 Å². The molecule has 2 aliphatic carbocycles. The number of aromatic carboxylic acids is 2. The number of carboxylic acid groups (broad SMARTS) is 2. The number of amides is 12. The van der Waals surface area contributed by atoms with Crippen LogP contribution in [-0.4, -0.2) is 219 Å². The van der Waals surface area contributed by atoms with Crippen LogP contribution in [0.2, 0.25) is 0 Å². The third kappa shape index (κ3) is 22.1. The van der Waals surface area contributed by atoms with Gasteiger partial charge in [0.1, 0.15) is 47.3 Å². The Morgan fingerprint density at radius 1 is 0.380 bits per heavy atom. The zero-order valence-electron chi connectivity index (χ0n) is 74.9. The standard InChI is InChI=1S/3C32H38N6O5/c1-5-37(17-15-35-30(40)33-3)21-11-13-25-27(19-21)42-28-20-22(38(6-2)18-16-36-31(41)34-4)12-14-26(28)32(25)24-10-8-7-9-23(24)29(39)43-32;2*1-5-37(17-15-35-31(41)33-3)21-11-13-25-27(19-21)43-28-20-22(38(6-2)18-16-36-32(42)34-4)12-14-26(28)29(25)23-9-7-8-10-24(23)30(39)40/h7-14,19-20H,5-6,15-18H2,1-4H3,(H2,33,35,40)(H2,34,36,41);2*7-14,19-20H,5-6,15-18H2,1-4H3,(H4-,33,34,35,36,39,40,41,42)/p+1. The summed E-state index contributed by atoms with van der Waals surface area (Å²) < 4.78 is 30.2. The summed E-state index contributed by atoms with van der Waals surface area (Å²) in [5.74, 6) is -0.262. The lowest BCUT2D eigenvalue weighted by molar-refractivity contribution is -0.255. The summed E-state index contributed by atoms with van der Waals surface area (Å²) in [5, 5.41) is 57.9. The zero-order chi connectivity index (χ0) is 92.4. The minimum Gasteiger partial charge on any atom is -0.545 e. The molecule has 0 fully saturated rings. The Hall–Kier alpha value is -15.1. The molecule has 13 rings (SSSR count).